The lowest BCUT2D eigenvalue weighted by Gasteiger charge is -1.94. The maximum absolute atomic E-state index is 3.08. The van der Waals surface area contributed by atoms with Gasteiger partial charge in [-0.1, -0.05) is 18.1 Å². The van der Waals surface area contributed by atoms with Gasteiger partial charge in [-0.15, -0.1) is 5.92 Å². The predicted molar refractivity (Wildman–Crippen MR) is 55.5 cm³/mol. The second kappa shape index (κ2) is 3.37. The molecule has 1 aromatic heterocycles. The summed E-state index contributed by atoms with van der Waals surface area (Å²) in [6.45, 7) is 1.87. The summed E-state index contributed by atoms with van der Waals surface area (Å²) in [6, 6.07) is 6.43. The Bertz CT molecular complexity index is 468. The van der Waals surface area contributed by atoms with Crippen LogP contribution in [-0.4, -0.2) is 4.98 Å². The van der Waals surface area contributed by atoms with E-state index < -0.39 is 0 Å². The SMILES string of the molecule is CC#CCc1ccc2c[nH]cc2c1. The first kappa shape index (κ1) is 7.94. The third-order valence-corrected chi connectivity index (χ3v) is 2.10. The molecule has 0 aliphatic heterocycles. The molecule has 0 bridgehead atoms. The van der Waals surface area contributed by atoms with Crippen LogP contribution in [0.3, 0.4) is 0 Å². The van der Waals surface area contributed by atoms with Crippen LogP contribution in [0.15, 0.2) is 30.6 Å². The van der Waals surface area contributed by atoms with Gasteiger partial charge in [0, 0.05) is 18.8 Å². The van der Waals surface area contributed by atoms with Crippen molar-refractivity contribution in [3.63, 3.8) is 0 Å². The second-order valence-corrected chi connectivity index (χ2v) is 3.02. The van der Waals surface area contributed by atoms with Gasteiger partial charge in [0.15, 0.2) is 0 Å². The zero-order valence-electron chi connectivity index (χ0n) is 7.59. The van der Waals surface area contributed by atoms with Gasteiger partial charge in [-0.3, -0.25) is 0 Å². The summed E-state index contributed by atoms with van der Waals surface area (Å²) in [4.78, 5) is 3.08. The molecular weight excluding hydrogens is 158 g/mol. The number of H-pyrrole nitrogens is 1. The fraction of sp³-hybridized carbons (Fsp3) is 0.167. The molecule has 1 N–H and O–H groups in total. The lowest BCUT2D eigenvalue weighted by molar-refractivity contribution is 1.33. The highest BCUT2D eigenvalue weighted by molar-refractivity contribution is 5.82. The number of aromatic amines is 1. The Labute approximate surface area is 77.8 Å². The Morgan fingerprint density at radius 2 is 2.08 bits per heavy atom. The molecule has 0 aliphatic rings. The quantitative estimate of drug-likeness (QED) is 0.632. The van der Waals surface area contributed by atoms with Crippen LogP contribution < -0.4 is 0 Å². The maximum Gasteiger partial charge on any atom is 0.0340 e. The Morgan fingerprint density at radius 1 is 1.23 bits per heavy atom. The number of benzene rings is 1. The van der Waals surface area contributed by atoms with Gasteiger partial charge in [-0.2, -0.15) is 0 Å². The number of rotatable bonds is 1. The van der Waals surface area contributed by atoms with E-state index in [0.29, 0.717) is 0 Å². The molecule has 0 spiro atoms. The molecule has 0 radical (unpaired) electrons. The van der Waals surface area contributed by atoms with E-state index in [-0.39, 0.29) is 0 Å². The monoisotopic (exact) mass is 169 g/mol. The first-order valence-electron chi connectivity index (χ1n) is 4.35. The molecule has 2 rings (SSSR count). The molecular formula is C12H11N. The van der Waals surface area contributed by atoms with Gasteiger partial charge < -0.3 is 4.98 Å². The van der Waals surface area contributed by atoms with E-state index >= 15 is 0 Å². The van der Waals surface area contributed by atoms with Crippen molar-refractivity contribution in [3.05, 3.63) is 36.2 Å². The van der Waals surface area contributed by atoms with Gasteiger partial charge >= 0.3 is 0 Å². The second-order valence-electron chi connectivity index (χ2n) is 3.02. The summed E-state index contributed by atoms with van der Waals surface area (Å²) in [6.07, 6.45) is 4.86. The smallest absolute Gasteiger partial charge is 0.0340 e. The summed E-state index contributed by atoms with van der Waals surface area (Å²) >= 11 is 0. The van der Waals surface area contributed by atoms with Gasteiger partial charge in [0.1, 0.15) is 0 Å². The van der Waals surface area contributed by atoms with Crippen LogP contribution in [-0.2, 0) is 6.42 Å². The molecule has 0 unspecified atom stereocenters. The molecule has 1 heteroatoms. The molecule has 0 saturated carbocycles. The zero-order valence-corrected chi connectivity index (χ0v) is 7.59. The molecule has 13 heavy (non-hydrogen) atoms. The van der Waals surface area contributed by atoms with Crippen molar-refractivity contribution in [1.29, 1.82) is 0 Å². The number of fused-ring (bicyclic) bond motifs is 1. The number of hydrogen-bond donors (Lipinski definition) is 1. The highest BCUT2D eigenvalue weighted by atomic mass is 14.6. The lowest BCUT2D eigenvalue weighted by Crippen LogP contribution is -1.79. The fourth-order valence-electron chi connectivity index (χ4n) is 1.40. The van der Waals surface area contributed by atoms with Crippen LogP contribution in [0.25, 0.3) is 10.8 Å². The topological polar surface area (TPSA) is 15.8 Å². The molecule has 0 aliphatic carbocycles. The van der Waals surface area contributed by atoms with Crippen molar-refractivity contribution >= 4 is 10.8 Å². The van der Waals surface area contributed by atoms with Crippen molar-refractivity contribution in [1.82, 2.24) is 4.98 Å². The van der Waals surface area contributed by atoms with E-state index in [4.69, 9.17) is 0 Å². The molecule has 0 fully saturated rings. The molecule has 64 valence electrons. The standard InChI is InChI=1S/C12H11N/c1-2-3-4-10-5-6-11-8-13-9-12(11)7-10/h5-9,13H,4H2,1H3. The highest BCUT2D eigenvalue weighted by Gasteiger charge is 1.94. The zero-order chi connectivity index (χ0) is 9.10. The van der Waals surface area contributed by atoms with Crippen molar-refractivity contribution in [2.75, 3.05) is 0 Å². The number of nitrogens with one attached hydrogen (secondary N) is 1. The van der Waals surface area contributed by atoms with E-state index in [9.17, 15) is 0 Å². The van der Waals surface area contributed by atoms with Crippen molar-refractivity contribution in [2.45, 2.75) is 13.3 Å². The molecule has 0 saturated heterocycles. The van der Waals surface area contributed by atoms with Crippen LogP contribution in [0.1, 0.15) is 12.5 Å². The maximum atomic E-state index is 3.08. The van der Waals surface area contributed by atoms with Crippen LogP contribution in [0, 0.1) is 11.8 Å². The van der Waals surface area contributed by atoms with Gasteiger partial charge in [0.2, 0.25) is 0 Å². The van der Waals surface area contributed by atoms with Crippen LogP contribution >= 0.6 is 0 Å². The van der Waals surface area contributed by atoms with Gasteiger partial charge in [-0.25, -0.2) is 0 Å². The third-order valence-electron chi connectivity index (χ3n) is 2.10. The average molecular weight is 169 g/mol. The van der Waals surface area contributed by atoms with Crippen molar-refractivity contribution < 1.29 is 0 Å². The van der Waals surface area contributed by atoms with Gasteiger partial charge in [0.25, 0.3) is 0 Å². The predicted octanol–water partition coefficient (Wildman–Crippen LogP) is 2.73. The summed E-state index contributed by atoms with van der Waals surface area (Å²) in [5, 5.41) is 2.52. The average Bonchev–Trinajstić information content (AvgIpc) is 2.61. The van der Waals surface area contributed by atoms with Crippen molar-refractivity contribution in [3.8, 4) is 11.8 Å². The molecule has 1 heterocycles. The number of hydrogen-bond acceptors (Lipinski definition) is 0. The van der Waals surface area contributed by atoms with Gasteiger partial charge in [0.05, 0.1) is 0 Å². The Hall–Kier alpha value is -1.68. The third kappa shape index (κ3) is 1.57. The van der Waals surface area contributed by atoms with E-state index in [2.05, 4.69) is 35.0 Å². The largest absolute Gasteiger partial charge is 0.366 e. The highest BCUT2D eigenvalue weighted by Crippen LogP contribution is 2.15. The van der Waals surface area contributed by atoms with Crippen LogP contribution in [0.4, 0.5) is 0 Å². The van der Waals surface area contributed by atoms with E-state index in [0.717, 1.165) is 6.42 Å². The normalized spacial score (nSPS) is 9.62. The van der Waals surface area contributed by atoms with E-state index in [1.165, 1.54) is 16.3 Å². The molecule has 2 aromatic rings. The fourth-order valence-corrected chi connectivity index (χ4v) is 1.40. The minimum absolute atomic E-state index is 0.845. The Morgan fingerprint density at radius 3 is 2.92 bits per heavy atom. The molecule has 0 amide bonds. The minimum Gasteiger partial charge on any atom is -0.366 e. The lowest BCUT2D eigenvalue weighted by atomic mass is 10.1. The number of aromatic nitrogens is 1. The Balaban J connectivity index is 2.40. The first-order valence-corrected chi connectivity index (χ1v) is 4.35. The summed E-state index contributed by atoms with van der Waals surface area (Å²) in [7, 11) is 0. The van der Waals surface area contributed by atoms with Crippen molar-refractivity contribution in [2.24, 2.45) is 0 Å². The Kier molecular flexibility index (Phi) is 2.06. The van der Waals surface area contributed by atoms with E-state index in [1.54, 1.807) is 0 Å². The van der Waals surface area contributed by atoms with E-state index in [1.807, 2.05) is 19.3 Å². The summed E-state index contributed by atoms with van der Waals surface area (Å²) < 4.78 is 0. The van der Waals surface area contributed by atoms with Gasteiger partial charge in [-0.05, 0) is 29.3 Å². The first-order chi connectivity index (χ1) is 6.40. The van der Waals surface area contributed by atoms with Crippen LogP contribution in [0.5, 0.6) is 0 Å². The van der Waals surface area contributed by atoms with Crippen LogP contribution in [0.2, 0.25) is 0 Å². The molecule has 1 nitrogen and oxygen atoms in total. The minimum atomic E-state index is 0.845. The molecule has 1 aromatic carbocycles. The summed E-state index contributed by atoms with van der Waals surface area (Å²) in [5.74, 6) is 5.96. The molecule has 0 atom stereocenters. The summed E-state index contributed by atoms with van der Waals surface area (Å²) in [5.41, 5.74) is 1.28.